The Morgan fingerprint density at radius 2 is 2.15 bits per heavy atom. The van der Waals surface area contributed by atoms with Crippen LogP contribution < -0.4 is 0 Å². The van der Waals surface area contributed by atoms with Crippen LogP contribution in [-0.2, 0) is 0 Å². The van der Waals surface area contributed by atoms with Gasteiger partial charge in [-0.05, 0) is 24.8 Å². The van der Waals surface area contributed by atoms with E-state index in [-0.39, 0.29) is 0 Å². The first-order valence-corrected chi connectivity index (χ1v) is 5.75. The van der Waals surface area contributed by atoms with Gasteiger partial charge in [-0.15, -0.1) is 0 Å². The molecule has 0 aromatic carbocycles. The molecule has 1 heterocycles. The number of likely N-dealkylation sites (tertiary alicyclic amines) is 1. The standard InChI is InChI=1S/C11H21NS/c1-11(2)6-5-8-12(10-11)7-3-4-9-13/h3-4,13H,5-10H2,1-2H3/b4-3+. The Kier molecular flexibility index (Phi) is 4.33. The van der Waals surface area contributed by atoms with Gasteiger partial charge in [0, 0.05) is 18.8 Å². The van der Waals surface area contributed by atoms with Crippen molar-refractivity contribution in [3.05, 3.63) is 12.2 Å². The van der Waals surface area contributed by atoms with Crippen LogP contribution in [0, 0.1) is 5.41 Å². The van der Waals surface area contributed by atoms with Crippen LogP contribution in [0.25, 0.3) is 0 Å². The second-order valence-corrected chi connectivity index (χ2v) is 5.02. The average molecular weight is 199 g/mol. The summed E-state index contributed by atoms with van der Waals surface area (Å²) < 4.78 is 0. The highest BCUT2D eigenvalue weighted by Gasteiger charge is 2.25. The number of rotatable bonds is 3. The van der Waals surface area contributed by atoms with Crippen LogP contribution in [0.15, 0.2) is 12.2 Å². The Morgan fingerprint density at radius 3 is 2.77 bits per heavy atom. The third-order valence-corrected chi connectivity index (χ3v) is 2.83. The number of thiol groups is 1. The maximum atomic E-state index is 4.15. The Labute approximate surface area is 87.6 Å². The van der Waals surface area contributed by atoms with Gasteiger partial charge in [0.05, 0.1) is 0 Å². The Balaban J connectivity index is 2.30. The van der Waals surface area contributed by atoms with Gasteiger partial charge in [0.25, 0.3) is 0 Å². The van der Waals surface area contributed by atoms with Gasteiger partial charge in [-0.3, -0.25) is 4.90 Å². The summed E-state index contributed by atoms with van der Waals surface area (Å²) in [5.41, 5.74) is 0.521. The van der Waals surface area contributed by atoms with Crippen molar-refractivity contribution in [3.8, 4) is 0 Å². The summed E-state index contributed by atoms with van der Waals surface area (Å²) in [6, 6.07) is 0. The summed E-state index contributed by atoms with van der Waals surface area (Å²) in [5, 5.41) is 0. The van der Waals surface area contributed by atoms with Gasteiger partial charge in [-0.2, -0.15) is 12.6 Å². The van der Waals surface area contributed by atoms with Crippen LogP contribution in [0.3, 0.4) is 0 Å². The monoisotopic (exact) mass is 199 g/mol. The molecule has 1 aliphatic heterocycles. The molecule has 0 radical (unpaired) electrons. The summed E-state index contributed by atoms with van der Waals surface area (Å²) in [7, 11) is 0. The minimum absolute atomic E-state index is 0.521. The first kappa shape index (κ1) is 11.1. The topological polar surface area (TPSA) is 3.24 Å². The minimum atomic E-state index is 0.521. The van der Waals surface area contributed by atoms with Crippen molar-refractivity contribution < 1.29 is 0 Å². The van der Waals surface area contributed by atoms with E-state index in [4.69, 9.17) is 0 Å². The van der Waals surface area contributed by atoms with Crippen molar-refractivity contribution in [2.45, 2.75) is 26.7 Å². The molecule has 0 aromatic heterocycles. The minimum Gasteiger partial charge on any atom is -0.299 e. The number of hydrogen-bond acceptors (Lipinski definition) is 2. The van der Waals surface area contributed by atoms with E-state index < -0.39 is 0 Å². The van der Waals surface area contributed by atoms with E-state index in [1.807, 2.05) is 0 Å². The molecule has 0 atom stereocenters. The third-order valence-electron chi connectivity index (χ3n) is 2.62. The van der Waals surface area contributed by atoms with E-state index in [1.54, 1.807) is 0 Å². The fraction of sp³-hybridized carbons (Fsp3) is 0.818. The average Bonchev–Trinajstić information content (AvgIpc) is 2.03. The molecule has 0 bridgehead atoms. The zero-order valence-corrected chi connectivity index (χ0v) is 9.69. The van der Waals surface area contributed by atoms with Crippen LogP contribution >= 0.6 is 12.6 Å². The van der Waals surface area contributed by atoms with Crippen LogP contribution in [0.1, 0.15) is 26.7 Å². The van der Waals surface area contributed by atoms with Crippen molar-refractivity contribution in [2.75, 3.05) is 25.4 Å². The fourth-order valence-electron chi connectivity index (χ4n) is 2.00. The molecule has 0 aromatic rings. The zero-order chi connectivity index (χ0) is 9.73. The lowest BCUT2D eigenvalue weighted by Gasteiger charge is -2.37. The first-order chi connectivity index (χ1) is 6.14. The molecule has 13 heavy (non-hydrogen) atoms. The van der Waals surface area contributed by atoms with Gasteiger partial charge in [0.2, 0.25) is 0 Å². The highest BCUT2D eigenvalue weighted by molar-refractivity contribution is 7.80. The van der Waals surface area contributed by atoms with Crippen LogP contribution in [-0.4, -0.2) is 30.3 Å². The summed E-state index contributed by atoms with van der Waals surface area (Å²) in [6.45, 7) is 8.33. The quantitative estimate of drug-likeness (QED) is 0.540. The maximum Gasteiger partial charge on any atom is 0.0163 e. The number of nitrogens with zero attached hydrogens (tertiary/aromatic N) is 1. The molecule has 1 rings (SSSR count). The van der Waals surface area contributed by atoms with Gasteiger partial charge in [0.15, 0.2) is 0 Å². The zero-order valence-electron chi connectivity index (χ0n) is 8.79. The van der Waals surface area contributed by atoms with Crippen molar-refractivity contribution in [3.63, 3.8) is 0 Å². The van der Waals surface area contributed by atoms with E-state index in [1.165, 1.54) is 25.9 Å². The van der Waals surface area contributed by atoms with E-state index in [9.17, 15) is 0 Å². The second kappa shape index (κ2) is 5.06. The normalized spacial score (nSPS) is 23.9. The lowest BCUT2D eigenvalue weighted by atomic mass is 9.84. The molecule has 76 valence electrons. The highest BCUT2D eigenvalue weighted by Crippen LogP contribution is 2.27. The molecular formula is C11H21NS. The lowest BCUT2D eigenvalue weighted by molar-refractivity contribution is 0.129. The van der Waals surface area contributed by atoms with Crippen LogP contribution in [0.2, 0.25) is 0 Å². The van der Waals surface area contributed by atoms with Crippen LogP contribution in [0.4, 0.5) is 0 Å². The molecule has 0 amide bonds. The molecule has 0 N–H and O–H groups in total. The van der Waals surface area contributed by atoms with Crippen molar-refractivity contribution in [2.24, 2.45) is 5.41 Å². The molecule has 2 heteroatoms. The van der Waals surface area contributed by atoms with Gasteiger partial charge in [-0.1, -0.05) is 26.0 Å². The molecule has 1 aliphatic rings. The Bertz CT molecular complexity index is 175. The van der Waals surface area contributed by atoms with Gasteiger partial charge in [0.1, 0.15) is 0 Å². The summed E-state index contributed by atoms with van der Waals surface area (Å²) in [4.78, 5) is 2.53. The summed E-state index contributed by atoms with van der Waals surface area (Å²) in [5.74, 6) is 0.858. The molecule has 0 spiro atoms. The van der Waals surface area contributed by atoms with Crippen molar-refractivity contribution in [1.82, 2.24) is 4.90 Å². The van der Waals surface area contributed by atoms with Crippen molar-refractivity contribution in [1.29, 1.82) is 0 Å². The molecule has 0 unspecified atom stereocenters. The Morgan fingerprint density at radius 1 is 1.38 bits per heavy atom. The molecule has 0 aliphatic carbocycles. The van der Waals surface area contributed by atoms with Gasteiger partial charge < -0.3 is 0 Å². The smallest absolute Gasteiger partial charge is 0.0163 e. The summed E-state index contributed by atoms with van der Waals surface area (Å²) in [6.07, 6.45) is 7.08. The van der Waals surface area contributed by atoms with E-state index in [2.05, 4.69) is 43.5 Å². The largest absolute Gasteiger partial charge is 0.299 e. The maximum absolute atomic E-state index is 4.15. The molecule has 1 saturated heterocycles. The van der Waals surface area contributed by atoms with E-state index in [0.717, 1.165) is 12.3 Å². The first-order valence-electron chi connectivity index (χ1n) is 5.12. The predicted molar refractivity (Wildman–Crippen MR) is 62.4 cm³/mol. The molecule has 1 nitrogen and oxygen atoms in total. The second-order valence-electron chi connectivity index (χ2n) is 4.66. The lowest BCUT2D eigenvalue weighted by Crippen LogP contribution is -2.39. The summed E-state index contributed by atoms with van der Waals surface area (Å²) >= 11 is 4.15. The Hall–Kier alpha value is 0.0500. The van der Waals surface area contributed by atoms with E-state index >= 15 is 0 Å². The molecule has 1 fully saturated rings. The van der Waals surface area contributed by atoms with E-state index in [0.29, 0.717) is 5.41 Å². The SMILES string of the molecule is CC1(C)CCCN(C/C=C/CS)C1. The molecular weight excluding hydrogens is 178 g/mol. The van der Waals surface area contributed by atoms with Crippen molar-refractivity contribution >= 4 is 12.6 Å². The third kappa shape index (κ3) is 4.19. The molecule has 0 saturated carbocycles. The predicted octanol–water partition coefficient (Wildman–Crippen LogP) is 2.59. The van der Waals surface area contributed by atoms with Gasteiger partial charge >= 0.3 is 0 Å². The number of hydrogen-bond donors (Lipinski definition) is 1. The fourth-order valence-corrected chi connectivity index (χ4v) is 2.15. The highest BCUT2D eigenvalue weighted by atomic mass is 32.1. The number of piperidine rings is 1. The van der Waals surface area contributed by atoms with Gasteiger partial charge in [-0.25, -0.2) is 0 Å². The van der Waals surface area contributed by atoms with Crippen LogP contribution in [0.5, 0.6) is 0 Å².